The zero-order valence-electron chi connectivity index (χ0n) is 7.19. The molecule has 0 aliphatic rings. The molecule has 66 valence electrons. The molecule has 0 N–H and O–H groups in total. The Balaban J connectivity index is 2.70. The van der Waals surface area contributed by atoms with Crippen molar-refractivity contribution in [1.29, 1.82) is 0 Å². The predicted octanol–water partition coefficient (Wildman–Crippen LogP) is 2.39. The van der Waals surface area contributed by atoms with Gasteiger partial charge in [-0.3, -0.25) is 0 Å². The first kappa shape index (κ1) is 9.26. The minimum Gasteiger partial charge on any atom is -0.423 e. The average molecular weight is 174 g/mol. The van der Waals surface area contributed by atoms with Gasteiger partial charge in [0, 0.05) is 11.6 Å². The number of ether oxygens (including phenoxy) is 1. The van der Waals surface area contributed by atoms with Gasteiger partial charge in [0.15, 0.2) is 0 Å². The van der Waals surface area contributed by atoms with Gasteiger partial charge in [-0.1, -0.05) is 43.5 Å². The molecule has 2 nitrogen and oxygen atoms in total. The van der Waals surface area contributed by atoms with Gasteiger partial charge in [-0.2, -0.15) is 0 Å². The SMILES string of the molecule is C=CC(=O)OC(=C)c1ccccc1. The summed E-state index contributed by atoms with van der Waals surface area (Å²) in [4.78, 5) is 10.8. The van der Waals surface area contributed by atoms with E-state index >= 15 is 0 Å². The summed E-state index contributed by atoms with van der Waals surface area (Å²) in [7, 11) is 0. The number of esters is 1. The van der Waals surface area contributed by atoms with Crippen molar-refractivity contribution in [3.63, 3.8) is 0 Å². The van der Waals surface area contributed by atoms with Crippen molar-refractivity contribution >= 4 is 11.7 Å². The molecule has 0 saturated heterocycles. The smallest absolute Gasteiger partial charge is 0.335 e. The number of carbonyl (C=O) groups excluding carboxylic acids is 1. The van der Waals surface area contributed by atoms with Gasteiger partial charge < -0.3 is 4.74 Å². The third kappa shape index (κ3) is 2.60. The topological polar surface area (TPSA) is 26.3 Å². The number of benzene rings is 1. The summed E-state index contributed by atoms with van der Waals surface area (Å²) in [5.74, 6) is -0.153. The second-order valence-electron chi connectivity index (χ2n) is 2.41. The van der Waals surface area contributed by atoms with E-state index < -0.39 is 5.97 Å². The Morgan fingerprint density at radius 1 is 1.31 bits per heavy atom. The lowest BCUT2D eigenvalue weighted by Crippen LogP contribution is -1.98. The molecule has 0 aliphatic carbocycles. The van der Waals surface area contributed by atoms with Crippen LogP contribution in [-0.2, 0) is 9.53 Å². The maximum absolute atomic E-state index is 10.8. The number of hydrogen-bond acceptors (Lipinski definition) is 2. The monoisotopic (exact) mass is 174 g/mol. The van der Waals surface area contributed by atoms with Gasteiger partial charge in [-0.15, -0.1) is 0 Å². The summed E-state index contributed by atoms with van der Waals surface area (Å²) < 4.78 is 4.83. The van der Waals surface area contributed by atoms with E-state index in [1.165, 1.54) is 0 Å². The van der Waals surface area contributed by atoms with E-state index in [2.05, 4.69) is 13.2 Å². The van der Waals surface area contributed by atoms with Gasteiger partial charge in [0.05, 0.1) is 0 Å². The number of rotatable bonds is 3. The fraction of sp³-hybridized carbons (Fsp3) is 0. The Morgan fingerprint density at radius 3 is 2.46 bits per heavy atom. The zero-order valence-corrected chi connectivity index (χ0v) is 7.19. The van der Waals surface area contributed by atoms with E-state index in [1.54, 1.807) is 0 Å². The maximum Gasteiger partial charge on any atom is 0.335 e. The lowest BCUT2D eigenvalue weighted by atomic mass is 10.2. The van der Waals surface area contributed by atoms with Crippen LogP contribution in [-0.4, -0.2) is 5.97 Å². The second-order valence-corrected chi connectivity index (χ2v) is 2.41. The normalized spacial score (nSPS) is 8.92. The van der Waals surface area contributed by atoms with Crippen molar-refractivity contribution in [2.24, 2.45) is 0 Å². The third-order valence-corrected chi connectivity index (χ3v) is 1.49. The highest BCUT2D eigenvalue weighted by Crippen LogP contribution is 2.12. The van der Waals surface area contributed by atoms with Gasteiger partial charge in [-0.25, -0.2) is 4.79 Å². The molecule has 0 bridgehead atoms. The molecule has 0 atom stereocenters. The lowest BCUT2D eigenvalue weighted by Gasteiger charge is -2.03. The molecule has 0 spiro atoms. The van der Waals surface area contributed by atoms with Crippen LogP contribution in [0.3, 0.4) is 0 Å². The molecule has 0 saturated carbocycles. The minimum atomic E-state index is -0.492. The van der Waals surface area contributed by atoms with Crippen molar-refractivity contribution in [1.82, 2.24) is 0 Å². The summed E-state index contributed by atoms with van der Waals surface area (Å²) in [5.41, 5.74) is 0.790. The molecule has 1 aromatic rings. The maximum atomic E-state index is 10.8. The second kappa shape index (κ2) is 4.26. The molecular weight excluding hydrogens is 164 g/mol. The van der Waals surface area contributed by atoms with Gasteiger partial charge >= 0.3 is 5.97 Å². The average Bonchev–Trinajstić information content (AvgIpc) is 2.19. The summed E-state index contributed by atoms with van der Waals surface area (Å²) in [6.45, 7) is 6.91. The lowest BCUT2D eigenvalue weighted by molar-refractivity contribution is -0.131. The van der Waals surface area contributed by atoms with Crippen LogP contribution in [0, 0.1) is 0 Å². The first-order valence-electron chi connectivity index (χ1n) is 3.82. The molecule has 0 heterocycles. The van der Waals surface area contributed by atoms with Crippen molar-refractivity contribution in [2.75, 3.05) is 0 Å². The largest absolute Gasteiger partial charge is 0.423 e. The first-order valence-corrected chi connectivity index (χ1v) is 3.82. The molecule has 1 rings (SSSR count). The van der Waals surface area contributed by atoms with E-state index in [0.717, 1.165) is 11.6 Å². The minimum absolute atomic E-state index is 0.338. The van der Waals surface area contributed by atoms with E-state index in [4.69, 9.17) is 4.74 Å². The molecule has 0 amide bonds. The summed E-state index contributed by atoms with van der Waals surface area (Å²) in [6, 6.07) is 9.22. The Hall–Kier alpha value is -1.83. The van der Waals surface area contributed by atoms with E-state index in [-0.39, 0.29) is 0 Å². The van der Waals surface area contributed by atoms with Crippen LogP contribution in [0.15, 0.2) is 49.6 Å². The van der Waals surface area contributed by atoms with Crippen molar-refractivity contribution < 1.29 is 9.53 Å². The van der Waals surface area contributed by atoms with Crippen LogP contribution >= 0.6 is 0 Å². The molecule has 0 fully saturated rings. The van der Waals surface area contributed by atoms with Crippen LogP contribution in [0.4, 0.5) is 0 Å². The molecule has 0 unspecified atom stereocenters. The van der Waals surface area contributed by atoms with Gasteiger partial charge in [-0.05, 0) is 0 Å². The fourth-order valence-electron chi connectivity index (χ4n) is 0.846. The van der Waals surface area contributed by atoms with E-state index in [9.17, 15) is 4.79 Å². The Morgan fingerprint density at radius 2 is 1.92 bits per heavy atom. The van der Waals surface area contributed by atoms with Crippen LogP contribution in [0.1, 0.15) is 5.56 Å². The van der Waals surface area contributed by atoms with Crippen LogP contribution in [0.25, 0.3) is 5.76 Å². The fourth-order valence-corrected chi connectivity index (χ4v) is 0.846. The molecule has 0 aromatic heterocycles. The quantitative estimate of drug-likeness (QED) is 0.399. The van der Waals surface area contributed by atoms with Crippen molar-refractivity contribution in [3.05, 3.63) is 55.1 Å². The standard InChI is InChI=1S/C11H10O2/c1-3-11(12)13-9(2)10-7-5-4-6-8-10/h3-8H,1-2H2. The molecule has 0 aliphatic heterocycles. The summed E-state index contributed by atoms with van der Waals surface area (Å²) >= 11 is 0. The summed E-state index contributed by atoms with van der Waals surface area (Å²) in [5, 5.41) is 0. The Bertz CT molecular complexity index is 325. The van der Waals surface area contributed by atoms with E-state index in [1.807, 2.05) is 30.3 Å². The van der Waals surface area contributed by atoms with Crippen LogP contribution < -0.4 is 0 Å². The highest BCUT2D eigenvalue weighted by atomic mass is 16.5. The highest BCUT2D eigenvalue weighted by molar-refractivity contribution is 5.86. The Kier molecular flexibility index (Phi) is 3.03. The predicted molar refractivity (Wildman–Crippen MR) is 51.8 cm³/mol. The summed E-state index contributed by atoms with van der Waals surface area (Å²) in [6.07, 6.45) is 1.11. The first-order chi connectivity index (χ1) is 6.24. The van der Waals surface area contributed by atoms with Gasteiger partial charge in [0.25, 0.3) is 0 Å². The number of carbonyl (C=O) groups is 1. The molecule has 0 radical (unpaired) electrons. The van der Waals surface area contributed by atoms with Gasteiger partial charge in [0.2, 0.25) is 0 Å². The Labute approximate surface area is 77.2 Å². The zero-order chi connectivity index (χ0) is 9.68. The molecule has 13 heavy (non-hydrogen) atoms. The van der Waals surface area contributed by atoms with Crippen LogP contribution in [0.2, 0.25) is 0 Å². The molecule has 2 heteroatoms. The van der Waals surface area contributed by atoms with Gasteiger partial charge in [0.1, 0.15) is 5.76 Å². The van der Waals surface area contributed by atoms with Crippen molar-refractivity contribution in [3.8, 4) is 0 Å². The molecule has 1 aromatic carbocycles. The number of hydrogen-bond donors (Lipinski definition) is 0. The highest BCUT2D eigenvalue weighted by Gasteiger charge is 2.02. The van der Waals surface area contributed by atoms with Crippen LogP contribution in [0.5, 0.6) is 0 Å². The third-order valence-electron chi connectivity index (χ3n) is 1.49. The molecular formula is C11H10O2. The van der Waals surface area contributed by atoms with Crippen molar-refractivity contribution in [2.45, 2.75) is 0 Å². The van der Waals surface area contributed by atoms with E-state index in [0.29, 0.717) is 5.76 Å².